The molecule has 0 saturated carbocycles. The Balaban J connectivity index is 0.000000180. The zero-order chi connectivity index (χ0) is 13.5. The van der Waals surface area contributed by atoms with Crippen molar-refractivity contribution in [1.82, 2.24) is 9.97 Å². The molecule has 94 valence electrons. The fourth-order valence-electron chi connectivity index (χ4n) is 1.03. The van der Waals surface area contributed by atoms with Gasteiger partial charge in [0.2, 0.25) is 5.95 Å². The van der Waals surface area contributed by atoms with Gasteiger partial charge in [0.25, 0.3) is 0 Å². The molecule has 0 bridgehead atoms. The smallest absolute Gasteiger partial charge is 0.335 e. The topological polar surface area (TPSA) is 115 Å². The van der Waals surface area contributed by atoms with Crippen LogP contribution in [-0.4, -0.2) is 21.0 Å². The first kappa shape index (κ1) is 13.7. The first-order valence-corrected chi connectivity index (χ1v) is 5.20. The van der Waals surface area contributed by atoms with Gasteiger partial charge in [-0.25, -0.2) is 9.78 Å². The Bertz CT molecular complexity index is 483. The minimum absolute atomic E-state index is 0.0972. The van der Waals surface area contributed by atoms with Crippen molar-refractivity contribution >= 4 is 29.3 Å². The number of aromatic nitrogens is 2. The Morgan fingerprint density at radius 1 is 1.17 bits per heavy atom. The molecule has 0 radical (unpaired) electrons. The van der Waals surface area contributed by atoms with Crippen molar-refractivity contribution in [2.24, 2.45) is 0 Å². The highest BCUT2D eigenvalue weighted by atomic mass is 35.5. The van der Waals surface area contributed by atoms with Crippen LogP contribution in [0.1, 0.15) is 10.4 Å². The Labute approximate surface area is 108 Å². The third-order valence-electron chi connectivity index (χ3n) is 1.75. The maximum atomic E-state index is 10.2. The largest absolute Gasteiger partial charge is 0.478 e. The second-order valence-corrected chi connectivity index (χ2v) is 3.53. The second kappa shape index (κ2) is 6.41. The fourth-order valence-corrected chi connectivity index (χ4v) is 1.23. The third kappa shape index (κ3) is 4.67. The summed E-state index contributed by atoms with van der Waals surface area (Å²) in [6.07, 6.45) is 0. The summed E-state index contributed by atoms with van der Waals surface area (Å²) in [5, 5.41) is 8.65. The van der Waals surface area contributed by atoms with Gasteiger partial charge in [0.15, 0.2) is 0 Å². The van der Waals surface area contributed by atoms with E-state index in [-0.39, 0.29) is 16.9 Å². The van der Waals surface area contributed by atoms with E-state index in [1.165, 1.54) is 6.07 Å². The van der Waals surface area contributed by atoms with E-state index in [1.807, 2.05) is 0 Å². The summed E-state index contributed by atoms with van der Waals surface area (Å²) in [5.41, 5.74) is 10.7. The third-order valence-corrected chi connectivity index (χ3v) is 1.95. The van der Waals surface area contributed by atoms with Crippen LogP contribution in [-0.2, 0) is 0 Å². The van der Waals surface area contributed by atoms with Gasteiger partial charge in [-0.15, -0.1) is 0 Å². The molecule has 2 rings (SSSR count). The van der Waals surface area contributed by atoms with Crippen LogP contribution >= 0.6 is 11.6 Å². The van der Waals surface area contributed by atoms with E-state index in [1.54, 1.807) is 30.3 Å². The van der Waals surface area contributed by atoms with E-state index in [0.29, 0.717) is 5.56 Å². The van der Waals surface area contributed by atoms with E-state index in [4.69, 9.17) is 28.2 Å². The number of benzene rings is 1. The summed E-state index contributed by atoms with van der Waals surface area (Å²) < 4.78 is 0. The molecular weight excluding hydrogens is 256 g/mol. The van der Waals surface area contributed by atoms with Crippen LogP contribution in [0.5, 0.6) is 0 Å². The van der Waals surface area contributed by atoms with Crippen molar-refractivity contribution in [2.75, 3.05) is 11.5 Å². The number of hydrogen-bond donors (Lipinski definition) is 3. The van der Waals surface area contributed by atoms with Crippen LogP contribution in [0.25, 0.3) is 0 Å². The number of nitrogens with zero attached hydrogens (tertiary/aromatic N) is 2. The van der Waals surface area contributed by atoms with Gasteiger partial charge in [0.05, 0.1) is 5.56 Å². The molecule has 1 heterocycles. The summed E-state index contributed by atoms with van der Waals surface area (Å²) in [5.74, 6) is -0.497. The van der Waals surface area contributed by atoms with Crippen molar-refractivity contribution in [2.45, 2.75) is 0 Å². The van der Waals surface area contributed by atoms with Crippen molar-refractivity contribution in [3.8, 4) is 0 Å². The lowest BCUT2D eigenvalue weighted by Gasteiger charge is -1.93. The SMILES string of the molecule is Nc1cc(Cl)nc(N)n1.O=C(O)c1ccccc1. The maximum Gasteiger partial charge on any atom is 0.335 e. The summed E-state index contributed by atoms with van der Waals surface area (Å²) >= 11 is 5.44. The number of anilines is 2. The number of rotatable bonds is 1. The van der Waals surface area contributed by atoms with Crippen LogP contribution in [0.3, 0.4) is 0 Å². The van der Waals surface area contributed by atoms with Gasteiger partial charge in [-0.3, -0.25) is 0 Å². The number of carboxylic acids is 1. The van der Waals surface area contributed by atoms with Crippen molar-refractivity contribution < 1.29 is 9.90 Å². The van der Waals surface area contributed by atoms with Crippen LogP contribution < -0.4 is 11.5 Å². The van der Waals surface area contributed by atoms with Crippen LogP contribution in [0.2, 0.25) is 5.15 Å². The Kier molecular flexibility index (Phi) is 4.89. The highest BCUT2D eigenvalue weighted by Gasteiger charge is 1.96. The minimum Gasteiger partial charge on any atom is -0.478 e. The molecule has 5 N–H and O–H groups in total. The van der Waals surface area contributed by atoms with Gasteiger partial charge in [0, 0.05) is 6.07 Å². The molecule has 18 heavy (non-hydrogen) atoms. The predicted molar refractivity (Wildman–Crippen MR) is 69.3 cm³/mol. The first-order valence-electron chi connectivity index (χ1n) is 4.83. The lowest BCUT2D eigenvalue weighted by Crippen LogP contribution is -1.98. The molecule has 0 aliphatic rings. The van der Waals surface area contributed by atoms with Crippen LogP contribution in [0.4, 0.5) is 11.8 Å². The number of aromatic carboxylic acids is 1. The van der Waals surface area contributed by atoms with Gasteiger partial charge in [0.1, 0.15) is 11.0 Å². The molecule has 0 aliphatic heterocycles. The molecule has 7 heteroatoms. The molecule has 1 aromatic carbocycles. The lowest BCUT2D eigenvalue weighted by atomic mass is 10.2. The maximum absolute atomic E-state index is 10.2. The van der Waals surface area contributed by atoms with Gasteiger partial charge >= 0.3 is 5.97 Å². The van der Waals surface area contributed by atoms with Crippen LogP contribution in [0.15, 0.2) is 36.4 Å². The number of halogens is 1. The number of hydrogen-bond acceptors (Lipinski definition) is 5. The fraction of sp³-hybridized carbons (Fsp3) is 0. The molecule has 6 nitrogen and oxygen atoms in total. The summed E-state index contributed by atoms with van der Waals surface area (Å²) in [6, 6.07) is 9.72. The monoisotopic (exact) mass is 266 g/mol. The number of nitrogen functional groups attached to an aromatic ring is 2. The quantitative estimate of drug-likeness (QED) is 0.677. The molecule has 2 aromatic rings. The molecule has 0 unspecified atom stereocenters. The van der Waals surface area contributed by atoms with Gasteiger partial charge in [-0.05, 0) is 12.1 Å². The Hall–Kier alpha value is -2.34. The molecule has 0 fully saturated rings. The first-order chi connectivity index (χ1) is 8.49. The second-order valence-electron chi connectivity index (χ2n) is 3.14. The standard InChI is InChI=1S/C7H6O2.C4H5ClN4/c8-7(9)6-4-2-1-3-5-6;5-2-1-3(6)9-4(7)8-2/h1-5H,(H,8,9);1H,(H4,6,7,8,9). The van der Waals surface area contributed by atoms with E-state index in [0.717, 1.165) is 0 Å². The van der Waals surface area contributed by atoms with Crippen molar-refractivity contribution in [1.29, 1.82) is 0 Å². The van der Waals surface area contributed by atoms with E-state index in [9.17, 15) is 4.79 Å². The average Bonchev–Trinajstić information content (AvgIpc) is 2.29. The highest BCUT2D eigenvalue weighted by Crippen LogP contribution is 2.08. The zero-order valence-electron chi connectivity index (χ0n) is 9.25. The van der Waals surface area contributed by atoms with Crippen LogP contribution in [0, 0.1) is 0 Å². The molecular formula is C11H11ClN4O2. The van der Waals surface area contributed by atoms with E-state index >= 15 is 0 Å². The van der Waals surface area contributed by atoms with Gasteiger partial charge in [-0.2, -0.15) is 4.98 Å². The molecule has 0 aliphatic carbocycles. The minimum atomic E-state index is -0.879. The van der Waals surface area contributed by atoms with Crippen molar-refractivity contribution in [3.63, 3.8) is 0 Å². The van der Waals surface area contributed by atoms with E-state index < -0.39 is 5.97 Å². The molecule has 0 atom stereocenters. The summed E-state index contributed by atoms with van der Waals surface area (Å²) in [4.78, 5) is 17.4. The van der Waals surface area contributed by atoms with E-state index in [2.05, 4.69) is 9.97 Å². The Morgan fingerprint density at radius 2 is 1.78 bits per heavy atom. The average molecular weight is 267 g/mol. The number of carboxylic acid groups (broad SMARTS) is 1. The van der Waals surface area contributed by atoms with Crippen molar-refractivity contribution in [3.05, 3.63) is 47.1 Å². The summed E-state index contributed by atoms with van der Waals surface area (Å²) in [6.45, 7) is 0. The predicted octanol–water partition coefficient (Wildman–Crippen LogP) is 1.68. The van der Waals surface area contributed by atoms with Gasteiger partial charge < -0.3 is 16.6 Å². The zero-order valence-corrected chi connectivity index (χ0v) is 10.0. The molecule has 0 amide bonds. The normalized spacial score (nSPS) is 9.17. The number of carbonyl (C=O) groups is 1. The molecule has 0 saturated heterocycles. The highest BCUT2D eigenvalue weighted by molar-refractivity contribution is 6.29. The summed E-state index contributed by atoms with van der Waals surface area (Å²) in [7, 11) is 0. The van der Waals surface area contributed by atoms with Gasteiger partial charge in [-0.1, -0.05) is 29.8 Å². The molecule has 0 spiro atoms. The lowest BCUT2D eigenvalue weighted by molar-refractivity contribution is 0.0697. The Morgan fingerprint density at radius 3 is 2.17 bits per heavy atom. The molecule has 1 aromatic heterocycles. The number of nitrogens with two attached hydrogens (primary N) is 2.